The van der Waals surface area contributed by atoms with Crippen LogP contribution in [0.1, 0.15) is 42.1 Å². The van der Waals surface area contributed by atoms with Crippen molar-refractivity contribution >= 4 is 34.5 Å². The van der Waals surface area contributed by atoms with Crippen LogP contribution in [-0.4, -0.2) is 59.6 Å². The van der Waals surface area contributed by atoms with Gasteiger partial charge in [0.05, 0.1) is 22.8 Å². The average Bonchev–Trinajstić information content (AvgIpc) is 3.65. The minimum atomic E-state index is -0.317. The predicted molar refractivity (Wildman–Crippen MR) is 136 cm³/mol. The molecule has 1 aromatic heterocycles. The van der Waals surface area contributed by atoms with Gasteiger partial charge in [-0.15, -0.1) is 0 Å². The number of pyridine rings is 1. The van der Waals surface area contributed by atoms with E-state index in [-0.39, 0.29) is 17.5 Å². The molecule has 1 saturated heterocycles. The van der Waals surface area contributed by atoms with E-state index < -0.39 is 0 Å². The zero-order chi connectivity index (χ0) is 24.6. The summed E-state index contributed by atoms with van der Waals surface area (Å²) in [5.74, 6) is -0.0844. The van der Waals surface area contributed by atoms with E-state index in [1.165, 1.54) is 0 Å². The number of fused-ring (bicyclic) bond motifs is 1. The van der Waals surface area contributed by atoms with E-state index in [0.29, 0.717) is 48.9 Å². The first-order chi connectivity index (χ1) is 16.9. The lowest BCUT2D eigenvalue weighted by Crippen LogP contribution is -2.50. The molecule has 2 fully saturated rings. The van der Waals surface area contributed by atoms with Crippen molar-refractivity contribution in [2.24, 2.45) is 5.73 Å². The molecule has 0 atom stereocenters. The third-order valence-corrected chi connectivity index (χ3v) is 7.12. The zero-order valence-electron chi connectivity index (χ0n) is 19.8. The molecule has 3 aromatic rings. The first-order valence-electron chi connectivity index (χ1n) is 12.1. The van der Waals surface area contributed by atoms with Gasteiger partial charge in [0.1, 0.15) is 0 Å². The van der Waals surface area contributed by atoms with Crippen LogP contribution < -0.4 is 5.73 Å². The van der Waals surface area contributed by atoms with E-state index in [9.17, 15) is 9.59 Å². The van der Waals surface area contributed by atoms with Crippen molar-refractivity contribution in [3.8, 4) is 11.3 Å². The molecular weight excluding hydrogens is 464 g/mol. The van der Waals surface area contributed by atoms with Crippen LogP contribution in [0.25, 0.3) is 22.2 Å². The second-order valence-electron chi connectivity index (χ2n) is 9.35. The summed E-state index contributed by atoms with van der Waals surface area (Å²) in [5.41, 5.74) is 10.2. The van der Waals surface area contributed by atoms with E-state index in [2.05, 4.69) is 12.1 Å². The molecule has 0 spiro atoms. The molecule has 0 bridgehead atoms. The van der Waals surface area contributed by atoms with Crippen LogP contribution in [0.3, 0.4) is 0 Å². The number of nitrogens with two attached hydrogens (primary N) is 1. The molecule has 0 unspecified atom stereocenters. The van der Waals surface area contributed by atoms with E-state index in [1.807, 2.05) is 31.2 Å². The maximum atomic E-state index is 13.2. The van der Waals surface area contributed by atoms with Crippen LogP contribution in [0.2, 0.25) is 5.02 Å². The first-order valence-corrected chi connectivity index (χ1v) is 12.5. The van der Waals surface area contributed by atoms with Crippen LogP contribution in [0, 0.1) is 0 Å². The minimum absolute atomic E-state index is 0.0844. The Kier molecular flexibility index (Phi) is 6.38. The van der Waals surface area contributed by atoms with Crippen molar-refractivity contribution in [3.63, 3.8) is 0 Å². The van der Waals surface area contributed by atoms with E-state index in [1.54, 1.807) is 21.9 Å². The number of amides is 2. The van der Waals surface area contributed by atoms with Crippen molar-refractivity contribution in [3.05, 3.63) is 64.7 Å². The van der Waals surface area contributed by atoms with Crippen LogP contribution >= 0.6 is 11.6 Å². The number of nitrogens with zero attached hydrogens (tertiary/aromatic N) is 3. The minimum Gasteiger partial charge on any atom is -0.449 e. The summed E-state index contributed by atoms with van der Waals surface area (Å²) in [5, 5.41) is 1.38. The number of halogens is 1. The van der Waals surface area contributed by atoms with Crippen LogP contribution in [-0.2, 0) is 10.3 Å². The largest absolute Gasteiger partial charge is 0.449 e. The van der Waals surface area contributed by atoms with Crippen molar-refractivity contribution in [1.29, 1.82) is 0 Å². The Balaban J connectivity index is 1.33. The zero-order valence-corrected chi connectivity index (χ0v) is 20.6. The number of piperazine rings is 1. The molecule has 0 radical (unpaired) electrons. The summed E-state index contributed by atoms with van der Waals surface area (Å²) in [6, 6.07) is 15.4. The molecule has 2 heterocycles. The van der Waals surface area contributed by atoms with E-state index in [4.69, 9.17) is 27.1 Å². The average molecular weight is 493 g/mol. The molecule has 182 valence electrons. The van der Waals surface area contributed by atoms with Gasteiger partial charge in [-0.2, -0.15) is 0 Å². The lowest BCUT2D eigenvalue weighted by Gasteiger charge is -2.34. The smallest absolute Gasteiger partial charge is 0.409 e. The Morgan fingerprint density at radius 1 is 1.03 bits per heavy atom. The van der Waals surface area contributed by atoms with Crippen molar-refractivity contribution < 1.29 is 14.3 Å². The van der Waals surface area contributed by atoms with Gasteiger partial charge in [0.2, 0.25) is 0 Å². The topological polar surface area (TPSA) is 88.8 Å². The number of aromatic nitrogens is 1. The molecule has 8 heteroatoms. The lowest BCUT2D eigenvalue weighted by atomic mass is 10.0. The molecule has 1 saturated carbocycles. The Hall–Kier alpha value is -3.16. The fourth-order valence-corrected chi connectivity index (χ4v) is 4.68. The van der Waals surface area contributed by atoms with Crippen molar-refractivity contribution in [2.45, 2.75) is 31.7 Å². The molecule has 7 nitrogen and oxygen atoms in total. The third-order valence-electron chi connectivity index (χ3n) is 6.81. The third kappa shape index (κ3) is 4.83. The second kappa shape index (κ2) is 9.47. The van der Waals surface area contributed by atoms with Gasteiger partial charge >= 0.3 is 6.09 Å². The van der Waals surface area contributed by atoms with Gasteiger partial charge in [-0.1, -0.05) is 48.9 Å². The molecule has 2 aliphatic rings. The summed E-state index contributed by atoms with van der Waals surface area (Å²) in [6.07, 6.45) is 2.50. The van der Waals surface area contributed by atoms with Crippen molar-refractivity contribution in [2.75, 3.05) is 32.8 Å². The normalized spacial score (nSPS) is 16.9. The SMILES string of the molecule is CCCOC(=O)N1CCN(C(=O)c2ccc3c(Cl)cc(-c4ccc(C5(N)CC5)cc4)nc3c2)CC1. The number of carbonyl (C=O) groups is 2. The number of rotatable bonds is 5. The molecule has 5 rings (SSSR count). The molecule has 35 heavy (non-hydrogen) atoms. The Morgan fingerprint density at radius 3 is 2.37 bits per heavy atom. The van der Waals surface area contributed by atoms with E-state index >= 15 is 0 Å². The number of ether oxygens (including phenoxy) is 1. The predicted octanol–water partition coefficient (Wildman–Crippen LogP) is 4.81. The summed E-state index contributed by atoms with van der Waals surface area (Å²) in [4.78, 5) is 33.5. The first kappa shape index (κ1) is 23.6. The standard InChI is InChI=1S/C27H29ClN4O3/c1-2-15-35-26(34)32-13-11-31(12-14-32)25(33)19-5-8-21-22(28)17-23(30-24(21)16-19)18-3-6-20(7-4-18)27(29)9-10-27/h3-8,16-17H,2,9-15,29H2,1H3. The van der Waals surface area contributed by atoms with E-state index in [0.717, 1.165) is 41.5 Å². The van der Waals surface area contributed by atoms with Gasteiger partial charge in [-0.05, 0) is 43.0 Å². The van der Waals surface area contributed by atoms with Gasteiger partial charge < -0.3 is 20.3 Å². The second-order valence-corrected chi connectivity index (χ2v) is 9.76. The monoisotopic (exact) mass is 492 g/mol. The summed E-state index contributed by atoms with van der Waals surface area (Å²) < 4.78 is 5.20. The summed E-state index contributed by atoms with van der Waals surface area (Å²) >= 11 is 6.58. The quantitative estimate of drug-likeness (QED) is 0.552. The van der Waals surface area contributed by atoms with Crippen LogP contribution in [0.4, 0.5) is 4.79 Å². The highest BCUT2D eigenvalue weighted by atomic mass is 35.5. The molecular formula is C27H29ClN4O3. The Morgan fingerprint density at radius 2 is 1.71 bits per heavy atom. The van der Waals surface area contributed by atoms with Gasteiger partial charge in [0.25, 0.3) is 5.91 Å². The lowest BCUT2D eigenvalue weighted by molar-refractivity contribution is 0.0560. The van der Waals surface area contributed by atoms with Gasteiger partial charge in [-0.25, -0.2) is 9.78 Å². The van der Waals surface area contributed by atoms with Gasteiger partial charge in [-0.3, -0.25) is 4.79 Å². The van der Waals surface area contributed by atoms with Gasteiger partial charge in [0.15, 0.2) is 0 Å². The van der Waals surface area contributed by atoms with Crippen LogP contribution in [0.15, 0.2) is 48.5 Å². The molecule has 1 aliphatic heterocycles. The molecule has 2 N–H and O–H groups in total. The Bertz CT molecular complexity index is 1270. The molecule has 1 aliphatic carbocycles. The highest BCUT2D eigenvalue weighted by molar-refractivity contribution is 6.35. The fourth-order valence-electron chi connectivity index (χ4n) is 4.42. The van der Waals surface area contributed by atoms with Gasteiger partial charge in [0, 0.05) is 48.2 Å². The maximum absolute atomic E-state index is 13.2. The summed E-state index contributed by atoms with van der Waals surface area (Å²) in [6.45, 7) is 4.19. The number of hydrogen-bond donors (Lipinski definition) is 1. The van der Waals surface area contributed by atoms with Crippen molar-refractivity contribution in [1.82, 2.24) is 14.8 Å². The number of benzene rings is 2. The number of carbonyl (C=O) groups excluding carboxylic acids is 2. The highest BCUT2D eigenvalue weighted by Crippen LogP contribution is 2.43. The fraction of sp³-hybridized carbons (Fsp3) is 0.370. The Labute approximate surface area is 209 Å². The molecule has 2 aromatic carbocycles. The summed E-state index contributed by atoms with van der Waals surface area (Å²) in [7, 11) is 0. The van der Waals surface area contributed by atoms with Crippen LogP contribution in [0.5, 0.6) is 0 Å². The maximum Gasteiger partial charge on any atom is 0.409 e. The molecule has 2 amide bonds. The highest BCUT2D eigenvalue weighted by Gasteiger charge is 2.39. The number of hydrogen-bond acceptors (Lipinski definition) is 5.